The second-order valence-corrected chi connectivity index (χ2v) is 5.73. The number of anilines is 1. The zero-order chi connectivity index (χ0) is 16.6. The molecule has 1 aliphatic rings. The maximum Gasteiger partial charge on any atom is 0.341 e. The number of hydrogen-bond acceptors (Lipinski definition) is 5. The van der Waals surface area contributed by atoms with Crippen molar-refractivity contribution < 1.29 is 9.90 Å². The number of pyridine rings is 2. The molecular weight excluding hydrogens is 320 g/mol. The van der Waals surface area contributed by atoms with Crippen LogP contribution in [-0.2, 0) is 6.54 Å². The van der Waals surface area contributed by atoms with Gasteiger partial charge in [-0.1, -0.05) is 11.6 Å². The summed E-state index contributed by atoms with van der Waals surface area (Å²) in [5, 5.41) is 13.1. The standard InChI is InChI=1S/C15H17ClN4O3/c1-2-19-8-10(15(22)23)12(21)9-7-11(13(16)18-14(9)19)20-5-3-17-4-6-20/h7-8,17H,2-6H2,1H3,(H,22,23). The van der Waals surface area contributed by atoms with Crippen molar-refractivity contribution >= 4 is 34.3 Å². The number of nitrogens with zero attached hydrogens (tertiary/aromatic N) is 3. The van der Waals surface area contributed by atoms with Gasteiger partial charge in [-0.2, -0.15) is 0 Å². The molecule has 23 heavy (non-hydrogen) atoms. The minimum atomic E-state index is -1.24. The third kappa shape index (κ3) is 2.77. The average Bonchev–Trinajstić information content (AvgIpc) is 2.55. The highest BCUT2D eigenvalue weighted by Gasteiger charge is 2.20. The summed E-state index contributed by atoms with van der Waals surface area (Å²) >= 11 is 6.32. The van der Waals surface area contributed by atoms with Gasteiger partial charge in [-0.15, -0.1) is 0 Å². The molecule has 0 bridgehead atoms. The largest absolute Gasteiger partial charge is 0.477 e. The number of aryl methyl sites for hydroxylation is 1. The summed E-state index contributed by atoms with van der Waals surface area (Å²) in [6, 6.07) is 1.66. The van der Waals surface area contributed by atoms with Gasteiger partial charge < -0.3 is 19.9 Å². The Morgan fingerprint density at radius 3 is 2.74 bits per heavy atom. The molecule has 8 heteroatoms. The molecule has 0 atom stereocenters. The molecule has 0 saturated carbocycles. The molecule has 0 unspecified atom stereocenters. The Bertz CT molecular complexity index is 828. The molecule has 0 radical (unpaired) electrons. The average molecular weight is 337 g/mol. The summed E-state index contributed by atoms with van der Waals surface area (Å²) in [6.07, 6.45) is 1.32. The van der Waals surface area contributed by atoms with Crippen molar-refractivity contribution in [2.75, 3.05) is 31.1 Å². The number of aromatic nitrogens is 2. The van der Waals surface area contributed by atoms with Gasteiger partial charge in [-0.05, 0) is 13.0 Å². The minimum absolute atomic E-state index is 0.255. The van der Waals surface area contributed by atoms with Crippen molar-refractivity contribution in [2.45, 2.75) is 13.5 Å². The lowest BCUT2D eigenvalue weighted by Gasteiger charge is -2.30. The first-order chi connectivity index (χ1) is 11.0. The summed E-state index contributed by atoms with van der Waals surface area (Å²) in [5.74, 6) is -1.24. The Balaban J connectivity index is 2.26. The topological polar surface area (TPSA) is 87.5 Å². The first-order valence-electron chi connectivity index (χ1n) is 7.45. The van der Waals surface area contributed by atoms with Crippen LogP contribution in [0.3, 0.4) is 0 Å². The van der Waals surface area contributed by atoms with Crippen molar-refractivity contribution in [1.29, 1.82) is 0 Å². The third-order valence-electron chi connectivity index (χ3n) is 4.01. The van der Waals surface area contributed by atoms with E-state index < -0.39 is 11.4 Å². The van der Waals surface area contributed by atoms with E-state index in [0.29, 0.717) is 23.0 Å². The summed E-state index contributed by atoms with van der Waals surface area (Å²) < 4.78 is 1.63. The molecule has 3 rings (SSSR count). The number of fused-ring (bicyclic) bond motifs is 1. The maximum absolute atomic E-state index is 12.5. The fourth-order valence-corrected chi connectivity index (χ4v) is 3.05. The monoisotopic (exact) mass is 336 g/mol. The summed E-state index contributed by atoms with van der Waals surface area (Å²) in [4.78, 5) is 30.2. The van der Waals surface area contributed by atoms with E-state index in [1.165, 1.54) is 6.20 Å². The highest BCUT2D eigenvalue weighted by atomic mass is 35.5. The third-order valence-corrected chi connectivity index (χ3v) is 4.29. The number of carboxylic acid groups (broad SMARTS) is 1. The Morgan fingerprint density at radius 1 is 1.43 bits per heavy atom. The first kappa shape index (κ1) is 15.8. The van der Waals surface area contributed by atoms with Crippen LogP contribution in [0.5, 0.6) is 0 Å². The van der Waals surface area contributed by atoms with Crippen LogP contribution >= 0.6 is 11.6 Å². The van der Waals surface area contributed by atoms with Crippen LogP contribution < -0.4 is 15.6 Å². The fraction of sp³-hybridized carbons (Fsp3) is 0.400. The van der Waals surface area contributed by atoms with Crippen molar-refractivity contribution in [1.82, 2.24) is 14.9 Å². The van der Waals surface area contributed by atoms with E-state index in [9.17, 15) is 14.7 Å². The number of piperazine rings is 1. The molecule has 1 saturated heterocycles. The Labute approximate surface area is 137 Å². The Kier molecular flexibility index (Phi) is 4.23. The fourth-order valence-electron chi connectivity index (χ4n) is 2.80. The lowest BCUT2D eigenvalue weighted by atomic mass is 10.1. The highest BCUT2D eigenvalue weighted by molar-refractivity contribution is 6.32. The predicted octanol–water partition coefficient (Wildman–Crippen LogP) is 1.18. The summed E-state index contributed by atoms with van der Waals surface area (Å²) in [6.45, 7) is 5.51. The number of nitrogens with one attached hydrogen (secondary N) is 1. The molecule has 0 spiro atoms. The van der Waals surface area contributed by atoms with Crippen molar-refractivity contribution in [3.63, 3.8) is 0 Å². The Morgan fingerprint density at radius 2 is 2.13 bits per heavy atom. The summed E-state index contributed by atoms with van der Waals surface area (Å²) in [5.41, 5.74) is 0.293. The first-order valence-corrected chi connectivity index (χ1v) is 7.83. The normalized spacial score (nSPS) is 15.1. The van der Waals surface area contributed by atoms with Gasteiger partial charge in [0.05, 0.1) is 11.1 Å². The SMILES string of the molecule is CCn1cc(C(=O)O)c(=O)c2cc(N3CCNCC3)c(Cl)nc21. The number of halogens is 1. The van der Waals surface area contributed by atoms with Crippen molar-refractivity contribution in [3.8, 4) is 0 Å². The molecule has 1 fully saturated rings. The number of aromatic carboxylic acids is 1. The van der Waals surface area contributed by atoms with Crippen LogP contribution in [0.15, 0.2) is 17.1 Å². The van der Waals surface area contributed by atoms with E-state index in [2.05, 4.69) is 15.2 Å². The van der Waals surface area contributed by atoms with Crippen LogP contribution in [-0.4, -0.2) is 46.8 Å². The van der Waals surface area contributed by atoms with E-state index in [4.69, 9.17) is 11.6 Å². The van der Waals surface area contributed by atoms with Gasteiger partial charge in [0.15, 0.2) is 5.15 Å². The molecule has 2 aromatic rings. The Hall–Kier alpha value is -2.12. The van der Waals surface area contributed by atoms with Crippen molar-refractivity contribution in [3.05, 3.63) is 33.2 Å². The lowest BCUT2D eigenvalue weighted by molar-refractivity contribution is 0.0695. The van der Waals surface area contributed by atoms with Gasteiger partial charge >= 0.3 is 5.97 Å². The zero-order valence-electron chi connectivity index (χ0n) is 12.7. The molecule has 1 aliphatic heterocycles. The van der Waals surface area contributed by atoms with Crippen LogP contribution in [0.2, 0.25) is 5.15 Å². The van der Waals surface area contributed by atoms with Gasteiger partial charge in [0.2, 0.25) is 5.43 Å². The van der Waals surface area contributed by atoms with Gasteiger partial charge in [-0.3, -0.25) is 4.79 Å². The van der Waals surface area contributed by atoms with E-state index >= 15 is 0 Å². The molecule has 3 heterocycles. The van der Waals surface area contributed by atoms with Gasteiger partial charge in [0.1, 0.15) is 11.2 Å². The second kappa shape index (κ2) is 6.17. The molecule has 2 aromatic heterocycles. The van der Waals surface area contributed by atoms with E-state index in [0.717, 1.165) is 26.2 Å². The predicted molar refractivity (Wildman–Crippen MR) is 88.7 cm³/mol. The number of rotatable bonds is 3. The van der Waals surface area contributed by atoms with Crippen LogP contribution in [0, 0.1) is 0 Å². The van der Waals surface area contributed by atoms with Crippen LogP contribution in [0.25, 0.3) is 11.0 Å². The number of carboxylic acids is 1. The molecule has 7 nitrogen and oxygen atoms in total. The zero-order valence-corrected chi connectivity index (χ0v) is 13.4. The van der Waals surface area contributed by atoms with Crippen molar-refractivity contribution in [2.24, 2.45) is 0 Å². The van der Waals surface area contributed by atoms with Crippen LogP contribution in [0.4, 0.5) is 5.69 Å². The minimum Gasteiger partial charge on any atom is -0.477 e. The summed E-state index contributed by atoms with van der Waals surface area (Å²) in [7, 11) is 0. The molecule has 0 aliphatic carbocycles. The molecule has 2 N–H and O–H groups in total. The van der Waals surface area contributed by atoms with Gasteiger partial charge in [0.25, 0.3) is 0 Å². The van der Waals surface area contributed by atoms with E-state index in [1.54, 1.807) is 10.6 Å². The smallest absolute Gasteiger partial charge is 0.341 e. The maximum atomic E-state index is 12.5. The van der Waals surface area contributed by atoms with E-state index in [1.807, 2.05) is 6.92 Å². The van der Waals surface area contributed by atoms with E-state index in [-0.39, 0.29) is 10.9 Å². The van der Waals surface area contributed by atoms with Crippen LogP contribution in [0.1, 0.15) is 17.3 Å². The highest BCUT2D eigenvalue weighted by Crippen LogP contribution is 2.27. The van der Waals surface area contributed by atoms with Gasteiger partial charge in [-0.25, -0.2) is 9.78 Å². The lowest BCUT2D eigenvalue weighted by Crippen LogP contribution is -2.43. The second-order valence-electron chi connectivity index (χ2n) is 5.37. The molecule has 0 amide bonds. The molecule has 0 aromatic carbocycles. The quantitative estimate of drug-likeness (QED) is 0.818. The molecular formula is C15H17ClN4O3. The molecule has 122 valence electrons. The number of hydrogen-bond donors (Lipinski definition) is 2. The number of carbonyl (C=O) groups is 1. The van der Waals surface area contributed by atoms with Gasteiger partial charge in [0, 0.05) is 38.9 Å².